The van der Waals surface area contributed by atoms with Crippen molar-refractivity contribution in [2.24, 2.45) is 0 Å². The van der Waals surface area contributed by atoms with E-state index in [9.17, 15) is 9.59 Å². The summed E-state index contributed by atoms with van der Waals surface area (Å²) in [6.07, 6.45) is 1.69. The first-order chi connectivity index (χ1) is 17.1. The number of carbonyl (C=O) groups excluding carboxylic acids is 1. The van der Waals surface area contributed by atoms with E-state index in [-0.39, 0.29) is 11.5 Å². The van der Waals surface area contributed by atoms with Crippen LogP contribution in [0.25, 0.3) is 15.9 Å². The van der Waals surface area contributed by atoms with Gasteiger partial charge in [-0.25, -0.2) is 4.98 Å². The van der Waals surface area contributed by atoms with E-state index in [0.717, 1.165) is 16.5 Å². The summed E-state index contributed by atoms with van der Waals surface area (Å²) in [5.41, 5.74) is 2.49. The molecule has 0 bridgehead atoms. The molecule has 5 aromatic rings. The van der Waals surface area contributed by atoms with Crippen molar-refractivity contribution in [3.63, 3.8) is 0 Å². The van der Waals surface area contributed by atoms with Crippen LogP contribution in [-0.4, -0.2) is 15.5 Å². The number of hydrogen-bond acceptors (Lipinski definition) is 5. The molecule has 0 spiro atoms. The molecule has 0 aliphatic carbocycles. The third kappa shape index (κ3) is 5.00. The van der Waals surface area contributed by atoms with Gasteiger partial charge in [-0.05, 0) is 47.7 Å². The number of nitrogens with one attached hydrogen (secondary N) is 1. The predicted octanol–water partition coefficient (Wildman–Crippen LogP) is 5.26. The number of hydrogen-bond donors (Lipinski definition) is 1. The molecule has 174 valence electrons. The zero-order valence-corrected chi connectivity index (χ0v) is 19.9. The summed E-state index contributed by atoms with van der Waals surface area (Å²) < 4.78 is 7.38. The number of benzene rings is 3. The Balaban J connectivity index is 1.35. The Labute approximate surface area is 206 Å². The highest BCUT2D eigenvalue weighted by molar-refractivity contribution is 7.16. The standard InChI is InChI=1S/C28H23N3O3S/c1-19-25(26(32)29-17-20-8-4-2-5-9-20)35-28(30-19)31-15-14-22-16-23(12-13-24(22)27(31)33)34-18-21-10-6-3-7-11-21/h2-16H,17-18H2,1H3,(H,29,32). The molecule has 1 N–H and O–H groups in total. The molecular weight excluding hydrogens is 458 g/mol. The molecule has 0 saturated heterocycles. The molecule has 7 heteroatoms. The van der Waals surface area contributed by atoms with Crippen molar-refractivity contribution in [1.82, 2.24) is 14.9 Å². The lowest BCUT2D eigenvalue weighted by atomic mass is 10.1. The fraction of sp³-hybridized carbons (Fsp3) is 0.107. The average molecular weight is 482 g/mol. The highest BCUT2D eigenvalue weighted by Crippen LogP contribution is 2.24. The second kappa shape index (κ2) is 9.95. The summed E-state index contributed by atoms with van der Waals surface area (Å²) in [7, 11) is 0. The molecule has 2 aromatic heterocycles. The maximum Gasteiger partial charge on any atom is 0.264 e. The van der Waals surface area contributed by atoms with Gasteiger partial charge in [-0.15, -0.1) is 0 Å². The van der Waals surface area contributed by atoms with Gasteiger partial charge in [0.2, 0.25) is 0 Å². The van der Waals surface area contributed by atoms with Crippen molar-refractivity contribution >= 4 is 28.0 Å². The Morgan fingerprint density at radius 2 is 1.69 bits per heavy atom. The van der Waals surface area contributed by atoms with Gasteiger partial charge < -0.3 is 10.1 Å². The first-order valence-corrected chi connectivity index (χ1v) is 12.0. The van der Waals surface area contributed by atoms with Crippen LogP contribution < -0.4 is 15.6 Å². The van der Waals surface area contributed by atoms with Crippen molar-refractivity contribution in [3.05, 3.63) is 123 Å². The third-order valence-corrected chi connectivity index (χ3v) is 6.77. The van der Waals surface area contributed by atoms with Crippen molar-refractivity contribution in [2.75, 3.05) is 0 Å². The molecule has 0 radical (unpaired) electrons. The molecule has 3 aromatic carbocycles. The lowest BCUT2D eigenvalue weighted by Gasteiger charge is -2.08. The molecule has 6 nitrogen and oxygen atoms in total. The number of carbonyl (C=O) groups is 1. The summed E-state index contributed by atoms with van der Waals surface area (Å²) in [5, 5.41) is 4.73. The summed E-state index contributed by atoms with van der Waals surface area (Å²) in [4.78, 5) is 30.9. The molecule has 0 aliphatic rings. The van der Waals surface area contributed by atoms with Crippen LogP contribution in [0.2, 0.25) is 0 Å². The maximum absolute atomic E-state index is 13.2. The van der Waals surface area contributed by atoms with Gasteiger partial charge in [-0.2, -0.15) is 0 Å². The van der Waals surface area contributed by atoms with Crippen LogP contribution in [0.1, 0.15) is 26.5 Å². The van der Waals surface area contributed by atoms with Crippen molar-refractivity contribution in [3.8, 4) is 10.9 Å². The Bertz CT molecular complexity index is 1540. The molecule has 35 heavy (non-hydrogen) atoms. The Morgan fingerprint density at radius 1 is 0.971 bits per heavy atom. The Morgan fingerprint density at radius 3 is 2.43 bits per heavy atom. The van der Waals surface area contributed by atoms with Gasteiger partial charge in [0, 0.05) is 18.1 Å². The normalized spacial score (nSPS) is 10.9. The Hall–Kier alpha value is -4.23. The molecule has 0 atom stereocenters. The zero-order chi connectivity index (χ0) is 24.2. The molecule has 5 rings (SSSR count). The maximum atomic E-state index is 13.2. The van der Waals surface area contributed by atoms with Gasteiger partial charge in [0.25, 0.3) is 11.5 Å². The SMILES string of the molecule is Cc1nc(-n2ccc3cc(OCc4ccccc4)ccc3c2=O)sc1C(=O)NCc1ccccc1. The van der Waals surface area contributed by atoms with Crippen LogP contribution in [0, 0.1) is 6.92 Å². The van der Waals surface area contributed by atoms with Gasteiger partial charge >= 0.3 is 0 Å². The number of aryl methyl sites for hydroxylation is 1. The predicted molar refractivity (Wildman–Crippen MR) is 138 cm³/mol. The topological polar surface area (TPSA) is 73.2 Å². The molecule has 0 unspecified atom stereocenters. The molecule has 0 aliphatic heterocycles. The summed E-state index contributed by atoms with van der Waals surface area (Å²) in [6.45, 7) is 2.66. The zero-order valence-electron chi connectivity index (χ0n) is 19.1. The highest BCUT2D eigenvalue weighted by atomic mass is 32.1. The minimum absolute atomic E-state index is 0.192. The molecule has 0 fully saturated rings. The fourth-order valence-electron chi connectivity index (χ4n) is 3.76. The molecule has 1 amide bonds. The number of pyridine rings is 1. The van der Waals surface area contributed by atoms with E-state index in [0.29, 0.717) is 40.0 Å². The largest absolute Gasteiger partial charge is 0.489 e. The monoisotopic (exact) mass is 481 g/mol. The van der Waals surface area contributed by atoms with Crippen molar-refractivity contribution in [1.29, 1.82) is 0 Å². The number of aromatic nitrogens is 2. The van der Waals surface area contributed by atoms with Crippen LogP contribution >= 0.6 is 11.3 Å². The lowest BCUT2D eigenvalue weighted by molar-refractivity contribution is 0.0954. The molecule has 2 heterocycles. The van der Waals surface area contributed by atoms with Gasteiger partial charge in [-0.1, -0.05) is 72.0 Å². The van der Waals surface area contributed by atoms with E-state index in [2.05, 4.69) is 10.3 Å². The van der Waals surface area contributed by atoms with Crippen LogP contribution in [0.15, 0.2) is 95.9 Å². The third-order valence-electron chi connectivity index (χ3n) is 5.62. The molecular formula is C28H23N3O3S. The van der Waals surface area contributed by atoms with Crippen LogP contribution in [-0.2, 0) is 13.2 Å². The number of nitrogens with zero attached hydrogens (tertiary/aromatic N) is 2. The first-order valence-electron chi connectivity index (χ1n) is 11.2. The van der Waals surface area contributed by atoms with Gasteiger partial charge in [0.15, 0.2) is 5.13 Å². The number of ether oxygens (including phenoxy) is 1. The lowest BCUT2D eigenvalue weighted by Crippen LogP contribution is -2.22. The second-order valence-electron chi connectivity index (χ2n) is 8.09. The highest BCUT2D eigenvalue weighted by Gasteiger charge is 2.17. The Kier molecular flexibility index (Phi) is 6.41. The number of thiazole rings is 1. The van der Waals surface area contributed by atoms with E-state index in [1.54, 1.807) is 25.3 Å². The minimum Gasteiger partial charge on any atom is -0.489 e. The average Bonchev–Trinajstić information content (AvgIpc) is 3.28. The summed E-state index contributed by atoms with van der Waals surface area (Å²) in [6, 6.07) is 26.9. The summed E-state index contributed by atoms with van der Waals surface area (Å²) in [5.74, 6) is 0.491. The number of rotatable bonds is 7. The molecule has 0 saturated carbocycles. The second-order valence-corrected chi connectivity index (χ2v) is 9.07. The van der Waals surface area contributed by atoms with Crippen molar-refractivity contribution < 1.29 is 9.53 Å². The van der Waals surface area contributed by atoms with Crippen LogP contribution in [0.5, 0.6) is 5.75 Å². The van der Waals surface area contributed by atoms with Crippen molar-refractivity contribution in [2.45, 2.75) is 20.1 Å². The minimum atomic E-state index is -0.204. The first kappa shape index (κ1) is 22.6. The number of fused-ring (bicyclic) bond motifs is 1. The number of amides is 1. The van der Waals surface area contributed by atoms with E-state index in [4.69, 9.17) is 4.74 Å². The van der Waals surface area contributed by atoms with E-state index in [1.807, 2.05) is 72.8 Å². The van der Waals surface area contributed by atoms with Crippen LogP contribution in [0.3, 0.4) is 0 Å². The smallest absolute Gasteiger partial charge is 0.264 e. The van der Waals surface area contributed by atoms with E-state index < -0.39 is 0 Å². The van der Waals surface area contributed by atoms with Crippen LogP contribution in [0.4, 0.5) is 0 Å². The van der Waals surface area contributed by atoms with Gasteiger partial charge in [0.05, 0.1) is 5.69 Å². The van der Waals surface area contributed by atoms with E-state index >= 15 is 0 Å². The van der Waals surface area contributed by atoms with Gasteiger partial charge in [0.1, 0.15) is 17.2 Å². The fourth-order valence-corrected chi connectivity index (χ4v) is 4.73. The summed E-state index contributed by atoms with van der Waals surface area (Å²) >= 11 is 1.20. The van der Waals surface area contributed by atoms with Gasteiger partial charge in [-0.3, -0.25) is 14.2 Å². The quantitative estimate of drug-likeness (QED) is 0.344. The van der Waals surface area contributed by atoms with E-state index in [1.165, 1.54) is 15.9 Å².